The van der Waals surface area contributed by atoms with Gasteiger partial charge in [0.05, 0.1) is 30.5 Å². The van der Waals surface area contributed by atoms with Crippen molar-refractivity contribution in [3.63, 3.8) is 0 Å². The number of ether oxygens (including phenoxy) is 2. The van der Waals surface area contributed by atoms with Crippen molar-refractivity contribution in [1.82, 2.24) is 35.1 Å². The number of amides is 4. The van der Waals surface area contributed by atoms with Gasteiger partial charge in [-0.3, -0.25) is 34.0 Å². The molecule has 1 unspecified atom stereocenters. The SMILES string of the molecule is CCn1c(-c2cccnc2C(C)C)c2c3cc(ccc31)-c1cc(O)cc(c1)C[C@H](NC(=O)[C@H](C(C)C)N(C)C(=O)[C@H]1CCN(C(=O)C3CO3)C1)C(=O)N1CCC[C@H](N1)C(=O)OCC(C)(C)C2. The van der Waals surface area contributed by atoms with Gasteiger partial charge in [0.2, 0.25) is 11.8 Å². The summed E-state index contributed by atoms with van der Waals surface area (Å²) in [7, 11) is 1.60. The number of nitrogens with zero attached hydrogens (tertiary/aromatic N) is 5. The van der Waals surface area contributed by atoms with E-state index in [4.69, 9.17) is 14.5 Å². The monoisotopic (exact) mass is 903 g/mol. The first-order chi connectivity index (χ1) is 31.4. The van der Waals surface area contributed by atoms with Crippen LogP contribution in [0.25, 0.3) is 33.3 Å². The number of cyclic esters (lactones) is 1. The highest BCUT2D eigenvalue weighted by Crippen LogP contribution is 2.42. The van der Waals surface area contributed by atoms with Gasteiger partial charge in [-0.05, 0) is 103 Å². The molecule has 3 saturated heterocycles. The van der Waals surface area contributed by atoms with Crippen LogP contribution in [0.5, 0.6) is 5.75 Å². The van der Waals surface area contributed by atoms with Crippen LogP contribution in [-0.4, -0.2) is 123 Å². The second-order valence-electron chi connectivity index (χ2n) is 20.0. The number of carbonyl (C=O) groups excluding carboxylic acids is 5. The lowest BCUT2D eigenvalue weighted by Gasteiger charge is -2.37. The Morgan fingerprint density at radius 3 is 2.52 bits per heavy atom. The molecule has 15 heteroatoms. The third kappa shape index (κ3) is 9.55. The number of carbonyl (C=O) groups is 5. The van der Waals surface area contributed by atoms with E-state index in [9.17, 15) is 29.1 Å². The van der Waals surface area contributed by atoms with E-state index >= 15 is 0 Å². The molecule has 0 aliphatic carbocycles. The Bertz CT molecular complexity index is 2530. The number of hydrogen-bond acceptors (Lipinski definition) is 10. The van der Waals surface area contributed by atoms with Crippen LogP contribution in [0.3, 0.4) is 0 Å². The highest BCUT2D eigenvalue weighted by Gasteiger charge is 2.43. The average Bonchev–Trinajstić information content (AvgIpc) is 3.95. The summed E-state index contributed by atoms with van der Waals surface area (Å²) >= 11 is 0. The number of epoxide rings is 1. The van der Waals surface area contributed by atoms with Gasteiger partial charge in [0, 0.05) is 67.7 Å². The average molecular weight is 904 g/mol. The minimum absolute atomic E-state index is 0.00117. The fraction of sp³-hybridized carbons (Fsp3) is 0.529. The van der Waals surface area contributed by atoms with Crippen molar-refractivity contribution in [1.29, 1.82) is 0 Å². The zero-order valence-corrected chi connectivity index (χ0v) is 39.6. The zero-order valence-electron chi connectivity index (χ0n) is 39.6. The van der Waals surface area contributed by atoms with Crippen LogP contribution in [0.4, 0.5) is 0 Å². The lowest BCUT2D eigenvalue weighted by Crippen LogP contribution is -2.62. The lowest BCUT2D eigenvalue weighted by atomic mass is 9.83. The van der Waals surface area contributed by atoms with Gasteiger partial charge in [0.25, 0.3) is 11.8 Å². The third-order valence-electron chi connectivity index (χ3n) is 13.6. The van der Waals surface area contributed by atoms with Crippen molar-refractivity contribution >= 4 is 40.5 Å². The number of aromatic nitrogens is 2. The van der Waals surface area contributed by atoms with Crippen molar-refractivity contribution in [2.75, 3.05) is 39.9 Å². The molecule has 0 saturated carbocycles. The summed E-state index contributed by atoms with van der Waals surface area (Å²) in [5, 5.41) is 16.8. The van der Waals surface area contributed by atoms with E-state index < -0.39 is 53.3 Å². The Morgan fingerprint density at radius 2 is 1.80 bits per heavy atom. The van der Waals surface area contributed by atoms with E-state index in [1.54, 1.807) is 24.1 Å². The van der Waals surface area contributed by atoms with Crippen molar-refractivity contribution in [2.45, 2.75) is 117 Å². The minimum atomic E-state index is -1.15. The minimum Gasteiger partial charge on any atom is -0.508 e. The van der Waals surface area contributed by atoms with Gasteiger partial charge in [0.15, 0.2) is 6.10 Å². The van der Waals surface area contributed by atoms with E-state index in [2.05, 4.69) is 68.1 Å². The molecule has 5 atom stereocenters. The Morgan fingerprint density at radius 1 is 1.03 bits per heavy atom. The van der Waals surface area contributed by atoms with Gasteiger partial charge in [0.1, 0.15) is 23.9 Å². The number of phenols is 1. The van der Waals surface area contributed by atoms with E-state index in [0.29, 0.717) is 50.9 Å². The number of hydrazine groups is 1. The molecule has 8 rings (SSSR count). The molecule has 352 valence electrons. The third-order valence-corrected chi connectivity index (χ3v) is 13.6. The molecule has 4 aliphatic heterocycles. The number of rotatable bonds is 9. The van der Waals surface area contributed by atoms with Gasteiger partial charge in [-0.2, -0.15) is 0 Å². The molecule has 4 amide bonds. The molecule has 3 fully saturated rings. The number of fused-ring (bicyclic) bond motifs is 6. The maximum absolute atomic E-state index is 14.7. The summed E-state index contributed by atoms with van der Waals surface area (Å²) in [6.07, 6.45) is 3.42. The van der Waals surface area contributed by atoms with Crippen molar-refractivity contribution in [3.8, 4) is 28.1 Å². The molecule has 2 aromatic carbocycles. The fourth-order valence-electron chi connectivity index (χ4n) is 10.3. The second kappa shape index (κ2) is 18.8. The lowest BCUT2D eigenvalue weighted by molar-refractivity contribution is -0.155. The number of likely N-dealkylation sites (tertiary alicyclic amines) is 1. The molecule has 0 spiro atoms. The van der Waals surface area contributed by atoms with Crippen molar-refractivity contribution in [2.24, 2.45) is 17.3 Å². The summed E-state index contributed by atoms with van der Waals surface area (Å²) in [5.74, 6) is -2.48. The van der Waals surface area contributed by atoms with Gasteiger partial charge in [-0.1, -0.05) is 53.7 Å². The fourth-order valence-corrected chi connectivity index (χ4v) is 10.3. The molecule has 6 bridgehead atoms. The highest BCUT2D eigenvalue weighted by atomic mass is 16.6. The Kier molecular flexibility index (Phi) is 13.3. The van der Waals surface area contributed by atoms with Crippen LogP contribution < -0.4 is 10.7 Å². The molecule has 0 radical (unpaired) electrons. The summed E-state index contributed by atoms with van der Waals surface area (Å²) in [6, 6.07) is 12.8. The van der Waals surface area contributed by atoms with E-state index in [1.807, 2.05) is 38.2 Å². The van der Waals surface area contributed by atoms with Gasteiger partial charge < -0.3 is 34.3 Å². The zero-order chi connectivity index (χ0) is 47.2. The number of benzene rings is 2. The number of pyridine rings is 1. The number of likely N-dealkylation sites (N-methyl/N-ethyl adjacent to an activating group) is 1. The van der Waals surface area contributed by atoms with Crippen LogP contribution in [0.2, 0.25) is 0 Å². The molecule has 6 heterocycles. The normalized spacial score (nSPS) is 22.6. The topological polar surface area (TPSA) is 179 Å². The van der Waals surface area contributed by atoms with Gasteiger partial charge in [-0.25, -0.2) is 5.43 Å². The standard InChI is InChI=1S/C51H65N7O8/c1-9-57-41-15-14-32-24-37(41)38(45(57)36-12-10-17-52-43(36)29(2)3)25-51(6,7)28-66-50(64)39-13-11-18-58(54-39)48(62)40(22-31-20-34(32)23-35(59)21-31)53-46(60)44(30(4)5)55(8)47(61)33-16-19-56(26-33)49(63)42-27-65-42/h10,12,14-15,17,20-21,23-24,29-30,33,39-40,42,44,54,59H,9,11,13,16,18-19,22,25-28H2,1-8H3,(H,53,60)/t33-,39-,40-,42?,44-/m0/s1. The first kappa shape index (κ1) is 46.7. The number of aryl methyl sites for hydroxylation is 1. The number of esters is 1. The second-order valence-corrected chi connectivity index (χ2v) is 20.0. The quantitative estimate of drug-likeness (QED) is 0.142. The smallest absolute Gasteiger partial charge is 0.324 e. The predicted octanol–water partition coefficient (Wildman–Crippen LogP) is 5.60. The van der Waals surface area contributed by atoms with Crippen LogP contribution in [0, 0.1) is 17.3 Å². The number of aromatic hydroxyl groups is 1. The first-order valence-corrected chi connectivity index (χ1v) is 23.6. The summed E-state index contributed by atoms with van der Waals surface area (Å²) in [5.41, 5.74) is 10.1. The highest BCUT2D eigenvalue weighted by molar-refractivity contribution is 5.96. The molecule has 4 aromatic rings. The van der Waals surface area contributed by atoms with Crippen LogP contribution >= 0.6 is 0 Å². The molecular formula is C51H65N7O8. The predicted molar refractivity (Wildman–Crippen MR) is 250 cm³/mol. The Hall–Kier alpha value is -5.80. The maximum atomic E-state index is 14.7. The van der Waals surface area contributed by atoms with Crippen LogP contribution in [0.1, 0.15) is 90.5 Å². The first-order valence-electron chi connectivity index (χ1n) is 23.6. The van der Waals surface area contributed by atoms with Gasteiger partial charge >= 0.3 is 5.97 Å². The Labute approximate surface area is 387 Å². The van der Waals surface area contributed by atoms with E-state index in [-0.39, 0.29) is 55.5 Å². The largest absolute Gasteiger partial charge is 0.508 e. The molecule has 3 N–H and O–H groups in total. The molecular weight excluding hydrogens is 839 g/mol. The van der Waals surface area contributed by atoms with Crippen LogP contribution in [-0.2, 0) is 52.8 Å². The number of nitrogens with one attached hydrogen (secondary N) is 2. The van der Waals surface area contributed by atoms with E-state index in [0.717, 1.165) is 44.5 Å². The van der Waals surface area contributed by atoms with E-state index in [1.165, 1.54) is 9.91 Å². The number of hydrogen-bond donors (Lipinski definition) is 3. The van der Waals surface area contributed by atoms with Crippen LogP contribution in [0.15, 0.2) is 54.7 Å². The molecule has 66 heavy (non-hydrogen) atoms. The Balaban J connectivity index is 1.18. The molecule has 15 nitrogen and oxygen atoms in total. The number of phenolic OH excluding ortho intramolecular Hbond substituents is 1. The summed E-state index contributed by atoms with van der Waals surface area (Å²) in [6.45, 7) is 16.5. The van der Waals surface area contributed by atoms with Crippen molar-refractivity contribution in [3.05, 3.63) is 71.5 Å². The molecule has 4 aliphatic rings. The summed E-state index contributed by atoms with van der Waals surface area (Å²) < 4.78 is 13.6. The maximum Gasteiger partial charge on any atom is 0.324 e. The van der Waals surface area contributed by atoms with Crippen molar-refractivity contribution < 1.29 is 38.6 Å². The molecule has 2 aromatic heterocycles. The summed E-state index contributed by atoms with van der Waals surface area (Å²) in [4.78, 5) is 77.8. The van der Waals surface area contributed by atoms with Gasteiger partial charge in [-0.15, -0.1) is 0 Å².